The molecular weight excluding hydrogens is 456 g/mol. The number of hydrogen-bond acceptors (Lipinski definition) is 6. The zero-order valence-corrected chi connectivity index (χ0v) is 19.8. The minimum absolute atomic E-state index is 0. The molecule has 10 heteroatoms. The van der Waals surface area contributed by atoms with Gasteiger partial charge in [-0.25, -0.2) is 13.4 Å². The minimum Gasteiger partial charge on any atom is -0.360 e. The SMILES string of the molecule is CN(C)CCN(C(=O)c1c[nH]c2ccccc12)c1nc2ccc(S(C)(=O)=O)cc2s1.Cl. The van der Waals surface area contributed by atoms with Crippen LogP contribution in [0.3, 0.4) is 0 Å². The average molecular weight is 479 g/mol. The smallest absolute Gasteiger partial charge is 0.262 e. The normalized spacial score (nSPS) is 11.7. The molecule has 0 radical (unpaired) electrons. The first-order valence-corrected chi connectivity index (χ1v) is 12.1. The number of sulfone groups is 1. The maximum absolute atomic E-state index is 13.5. The van der Waals surface area contributed by atoms with Crippen molar-refractivity contribution in [3.05, 3.63) is 54.2 Å². The van der Waals surface area contributed by atoms with Gasteiger partial charge in [-0.2, -0.15) is 0 Å². The van der Waals surface area contributed by atoms with Crippen molar-refractivity contribution < 1.29 is 13.2 Å². The standard InChI is InChI=1S/C21H22N4O3S2.ClH/c1-24(2)10-11-25(20(26)16-13-22-17-7-5-4-6-15(16)17)21-23-18-9-8-14(30(3,27)28)12-19(18)29-21;/h4-9,12-13,22H,10-11H2,1-3H3;1H. The van der Waals surface area contributed by atoms with Gasteiger partial charge in [-0.1, -0.05) is 29.5 Å². The number of carbonyl (C=O) groups is 1. The van der Waals surface area contributed by atoms with Gasteiger partial charge in [0.15, 0.2) is 15.0 Å². The third-order valence-corrected chi connectivity index (χ3v) is 6.99. The van der Waals surface area contributed by atoms with Crippen LogP contribution in [-0.4, -0.2) is 62.6 Å². The largest absolute Gasteiger partial charge is 0.360 e. The van der Waals surface area contributed by atoms with E-state index in [4.69, 9.17) is 0 Å². The predicted octanol–water partition coefficient (Wildman–Crippen LogP) is 3.81. The van der Waals surface area contributed by atoms with E-state index in [1.807, 2.05) is 43.3 Å². The number of likely N-dealkylation sites (N-methyl/N-ethyl adjacent to an activating group) is 1. The quantitative estimate of drug-likeness (QED) is 0.455. The van der Waals surface area contributed by atoms with Crippen LogP contribution in [-0.2, 0) is 9.84 Å². The molecule has 7 nitrogen and oxygen atoms in total. The Kier molecular flexibility index (Phi) is 6.70. The fourth-order valence-corrected chi connectivity index (χ4v) is 4.97. The number of carbonyl (C=O) groups excluding carboxylic acids is 1. The Hall–Kier alpha value is -2.46. The molecule has 4 rings (SSSR count). The van der Waals surface area contributed by atoms with Crippen LogP contribution in [0.1, 0.15) is 10.4 Å². The van der Waals surface area contributed by atoms with Crippen molar-refractivity contribution in [1.29, 1.82) is 0 Å². The molecule has 4 aromatic rings. The Morgan fingerprint density at radius 3 is 2.58 bits per heavy atom. The van der Waals surface area contributed by atoms with Crippen LogP contribution in [0.25, 0.3) is 21.1 Å². The molecule has 0 aliphatic heterocycles. The number of H-pyrrole nitrogens is 1. The number of benzene rings is 2. The summed E-state index contributed by atoms with van der Waals surface area (Å²) in [6, 6.07) is 12.5. The molecule has 2 heterocycles. The van der Waals surface area contributed by atoms with Gasteiger partial charge >= 0.3 is 0 Å². The summed E-state index contributed by atoms with van der Waals surface area (Å²) in [6.07, 6.45) is 2.91. The zero-order chi connectivity index (χ0) is 21.5. The molecule has 0 saturated carbocycles. The van der Waals surface area contributed by atoms with Gasteiger partial charge in [0.2, 0.25) is 0 Å². The predicted molar refractivity (Wildman–Crippen MR) is 129 cm³/mol. The van der Waals surface area contributed by atoms with E-state index in [0.717, 1.165) is 15.6 Å². The molecule has 0 unspecified atom stereocenters. The Bertz CT molecular complexity index is 1350. The summed E-state index contributed by atoms with van der Waals surface area (Å²) < 4.78 is 24.5. The number of halogens is 1. The highest BCUT2D eigenvalue weighted by Crippen LogP contribution is 2.32. The molecule has 164 valence electrons. The van der Waals surface area contributed by atoms with Crippen LogP contribution >= 0.6 is 23.7 Å². The number of nitrogens with one attached hydrogen (secondary N) is 1. The summed E-state index contributed by atoms with van der Waals surface area (Å²) in [4.78, 5) is 25.2. The van der Waals surface area contributed by atoms with Gasteiger partial charge in [0.1, 0.15) is 0 Å². The number of fused-ring (bicyclic) bond motifs is 2. The summed E-state index contributed by atoms with van der Waals surface area (Å²) in [5, 5.41) is 1.41. The Morgan fingerprint density at radius 2 is 1.87 bits per heavy atom. The number of amides is 1. The lowest BCUT2D eigenvalue weighted by atomic mass is 10.1. The molecule has 1 amide bonds. The second-order valence-corrected chi connectivity index (χ2v) is 10.4. The van der Waals surface area contributed by atoms with Crippen LogP contribution in [0, 0.1) is 0 Å². The number of rotatable bonds is 6. The van der Waals surface area contributed by atoms with E-state index in [9.17, 15) is 13.2 Å². The maximum Gasteiger partial charge on any atom is 0.262 e. The number of aromatic nitrogens is 2. The summed E-state index contributed by atoms with van der Waals surface area (Å²) in [7, 11) is 0.584. The Morgan fingerprint density at radius 1 is 1.13 bits per heavy atom. The molecule has 0 fully saturated rings. The molecule has 31 heavy (non-hydrogen) atoms. The van der Waals surface area contributed by atoms with E-state index in [-0.39, 0.29) is 23.2 Å². The third-order valence-electron chi connectivity index (χ3n) is 4.84. The Balaban J connectivity index is 0.00000272. The monoisotopic (exact) mass is 478 g/mol. The first-order valence-electron chi connectivity index (χ1n) is 9.37. The maximum atomic E-state index is 13.5. The number of nitrogens with zero attached hydrogens (tertiary/aromatic N) is 3. The summed E-state index contributed by atoms with van der Waals surface area (Å²) in [5.74, 6) is -0.142. The van der Waals surface area contributed by atoms with Crippen molar-refractivity contribution in [3.63, 3.8) is 0 Å². The van der Waals surface area contributed by atoms with Gasteiger partial charge in [0, 0.05) is 36.4 Å². The number of aromatic amines is 1. The molecule has 0 aliphatic rings. The molecule has 0 atom stereocenters. The molecule has 0 spiro atoms. The number of anilines is 1. The first kappa shape index (κ1) is 23.2. The first-order chi connectivity index (χ1) is 14.2. The van der Waals surface area contributed by atoms with Crippen LogP contribution in [0.5, 0.6) is 0 Å². The molecule has 0 bridgehead atoms. The van der Waals surface area contributed by atoms with Crippen LogP contribution in [0.2, 0.25) is 0 Å². The van der Waals surface area contributed by atoms with E-state index in [1.165, 1.54) is 17.6 Å². The topological polar surface area (TPSA) is 86.4 Å². The van der Waals surface area contributed by atoms with Crippen LogP contribution in [0.15, 0.2) is 53.6 Å². The lowest BCUT2D eigenvalue weighted by molar-refractivity contribution is 0.0987. The van der Waals surface area contributed by atoms with Gasteiger partial charge in [-0.05, 0) is 38.4 Å². The lowest BCUT2D eigenvalue weighted by Gasteiger charge is -2.21. The summed E-state index contributed by atoms with van der Waals surface area (Å²) >= 11 is 1.32. The fourth-order valence-electron chi connectivity index (χ4n) is 3.22. The molecule has 0 saturated heterocycles. The molecular formula is C21H23ClN4O3S2. The van der Waals surface area contributed by atoms with Gasteiger partial charge < -0.3 is 9.88 Å². The van der Waals surface area contributed by atoms with E-state index in [2.05, 4.69) is 9.97 Å². The molecule has 0 aliphatic carbocycles. The highest BCUT2D eigenvalue weighted by molar-refractivity contribution is 7.90. The second kappa shape index (κ2) is 8.96. The zero-order valence-electron chi connectivity index (χ0n) is 17.3. The van der Waals surface area contributed by atoms with E-state index >= 15 is 0 Å². The van der Waals surface area contributed by atoms with E-state index < -0.39 is 9.84 Å². The highest BCUT2D eigenvalue weighted by atomic mass is 35.5. The second-order valence-electron chi connectivity index (χ2n) is 7.41. The van der Waals surface area contributed by atoms with Gasteiger partial charge in [0.25, 0.3) is 5.91 Å². The van der Waals surface area contributed by atoms with Gasteiger partial charge in [-0.15, -0.1) is 12.4 Å². The molecule has 1 N–H and O–H groups in total. The van der Waals surface area contributed by atoms with Crippen molar-refractivity contribution in [2.24, 2.45) is 0 Å². The Labute approximate surface area is 191 Å². The van der Waals surface area contributed by atoms with Crippen molar-refractivity contribution in [2.75, 3.05) is 38.3 Å². The van der Waals surface area contributed by atoms with Crippen molar-refractivity contribution in [1.82, 2.24) is 14.9 Å². The summed E-state index contributed by atoms with van der Waals surface area (Å²) in [5.41, 5.74) is 2.15. The number of thiazole rings is 1. The van der Waals surface area contributed by atoms with Crippen LogP contribution in [0.4, 0.5) is 5.13 Å². The van der Waals surface area contributed by atoms with Gasteiger partial charge in [-0.3, -0.25) is 9.69 Å². The number of hydrogen-bond donors (Lipinski definition) is 1. The van der Waals surface area contributed by atoms with Crippen LogP contribution < -0.4 is 4.90 Å². The van der Waals surface area contributed by atoms with E-state index in [1.54, 1.807) is 29.3 Å². The lowest BCUT2D eigenvalue weighted by Crippen LogP contribution is -2.36. The van der Waals surface area contributed by atoms with Crippen molar-refractivity contribution in [2.45, 2.75) is 4.90 Å². The van der Waals surface area contributed by atoms with Crippen molar-refractivity contribution >= 4 is 65.7 Å². The van der Waals surface area contributed by atoms with Crippen molar-refractivity contribution in [3.8, 4) is 0 Å². The number of para-hydroxylation sites is 1. The van der Waals surface area contributed by atoms with E-state index in [0.29, 0.717) is 29.3 Å². The summed E-state index contributed by atoms with van der Waals surface area (Å²) in [6.45, 7) is 1.13. The minimum atomic E-state index is -3.32. The third kappa shape index (κ3) is 4.74. The fraction of sp³-hybridized carbons (Fsp3) is 0.238. The highest BCUT2D eigenvalue weighted by Gasteiger charge is 2.24. The molecule has 2 aromatic carbocycles. The molecule has 2 aromatic heterocycles. The average Bonchev–Trinajstić information content (AvgIpc) is 3.30. The van der Waals surface area contributed by atoms with Gasteiger partial charge in [0.05, 0.1) is 20.7 Å².